The summed E-state index contributed by atoms with van der Waals surface area (Å²) in [5.41, 5.74) is 1.98. The standard InChI is InChI=1S/C20H26ClN3O/c1-15-13-16-8-9-22-20(21)17(16)14-18(15)23(2)19(25)7-6-12-24-10-4-3-5-11-24/h8-9,13-14H,3-7,10-12H2,1-2H3. The lowest BCUT2D eigenvalue weighted by Crippen LogP contribution is -2.32. The molecule has 25 heavy (non-hydrogen) atoms. The van der Waals surface area contributed by atoms with Crippen molar-refractivity contribution in [2.75, 3.05) is 31.6 Å². The van der Waals surface area contributed by atoms with Crippen LogP contribution in [-0.2, 0) is 4.79 Å². The molecule has 5 heteroatoms. The minimum absolute atomic E-state index is 0.152. The number of carbonyl (C=O) groups excluding carboxylic acids is 1. The Morgan fingerprint density at radius 1 is 1.28 bits per heavy atom. The molecule has 1 aromatic carbocycles. The molecule has 1 aromatic heterocycles. The van der Waals surface area contributed by atoms with Crippen molar-refractivity contribution in [1.82, 2.24) is 9.88 Å². The summed E-state index contributed by atoms with van der Waals surface area (Å²) in [5, 5.41) is 2.41. The first-order chi connectivity index (χ1) is 12.1. The van der Waals surface area contributed by atoms with Gasteiger partial charge in [-0.3, -0.25) is 4.79 Å². The molecule has 1 aliphatic heterocycles. The van der Waals surface area contributed by atoms with Crippen LogP contribution in [-0.4, -0.2) is 42.5 Å². The largest absolute Gasteiger partial charge is 0.315 e. The van der Waals surface area contributed by atoms with Crippen LogP contribution in [0, 0.1) is 6.92 Å². The summed E-state index contributed by atoms with van der Waals surface area (Å²) in [6, 6.07) is 5.98. The second kappa shape index (κ2) is 8.15. The molecule has 0 radical (unpaired) electrons. The fraction of sp³-hybridized carbons (Fsp3) is 0.500. The van der Waals surface area contributed by atoms with Gasteiger partial charge in [0.15, 0.2) is 0 Å². The smallest absolute Gasteiger partial charge is 0.226 e. The summed E-state index contributed by atoms with van der Waals surface area (Å²) in [6.45, 7) is 5.41. The Labute approximate surface area is 154 Å². The zero-order chi connectivity index (χ0) is 17.8. The number of likely N-dealkylation sites (tertiary alicyclic amines) is 1. The van der Waals surface area contributed by atoms with Crippen LogP contribution >= 0.6 is 11.6 Å². The van der Waals surface area contributed by atoms with Gasteiger partial charge in [0.1, 0.15) is 5.15 Å². The van der Waals surface area contributed by atoms with Crippen LogP contribution in [0.25, 0.3) is 10.8 Å². The maximum atomic E-state index is 12.6. The van der Waals surface area contributed by atoms with Gasteiger partial charge in [-0.05, 0) is 75.0 Å². The minimum atomic E-state index is 0.152. The molecule has 1 fully saturated rings. The van der Waals surface area contributed by atoms with Crippen LogP contribution in [0.1, 0.15) is 37.7 Å². The molecule has 0 bridgehead atoms. The van der Waals surface area contributed by atoms with E-state index in [0.717, 1.165) is 35.0 Å². The monoisotopic (exact) mass is 359 g/mol. The number of carbonyl (C=O) groups is 1. The number of halogens is 1. The van der Waals surface area contributed by atoms with Gasteiger partial charge in [-0.15, -0.1) is 0 Å². The van der Waals surface area contributed by atoms with E-state index >= 15 is 0 Å². The minimum Gasteiger partial charge on any atom is -0.315 e. The number of benzene rings is 1. The van der Waals surface area contributed by atoms with Crippen LogP contribution in [0.2, 0.25) is 5.15 Å². The van der Waals surface area contributed by atoms with Crippen LogP contribution < -0.4 is 4.90 Å². The summed E-state index contributed by atoms with van der Waals surface area (Å²) in [5.74, 6) is 0.152. The van der Waals surface area contributed by atoms with Gasteiger partial charge in [0.25, 0.3) is 0 Å². The molecule has 4 nitrogen and oxygen atoms in total. The van der Waals surface area contributed by atoms with Gasteiger partial charge >= 0.3 is 0 Å². The molecular formula is C20H26ClN3O. The topological polar surface area (TPSA) is 36.4 Å². The summed E-state index contributed by atoms with van der Waals surface area (Å²) in [4.78, 5) is 21.0. The number of piperidine rings is 1. The van der Waals surface area contributed by atoms with Gasteiger partial charge in [-0.2, -0.15) is 0 Å². The van der Waals surface area contributed by atoms with Crippen molar-refractivity contribution in [2.45, 2.75) is 39.0 Å². The lowest BCUT2D eigenvalue weighted by atomic mass is 10.1. The van der Waals surface area contributed by atoms with Gasteiger partial charge in [0, 0.05) is 30.7 Å². The van der Waals surface area contributed by atoms with Crippen molar-refractivity contribution in [3.8, 4) is 0 Å². The number of hydrogen-bond donors (Lipinski definition) is 0. The third kappa shape index (κ3) is 4.31. The number of hydrogen-bond acceptors (Lipinski definition) is 3. The van der Waals surface area contributed by atoms with Crippen LogP contribution in [0.3, 0.4) is 0 Å². The van der Waals surface area contributed by atoms with Crippen LogP contribution in [0.5, 0.6) is 0 Å². The molecule has 1 amide bonds. The zero-order valence-corrected chi connectivity index (χ0v) is 15.9. The molecule has 134 valence electrons. The summed E-state index contributed by atoms with van der Waals surface area (Å²) in [6.07, 6.45) is 7.12. The fourth-order valence-corrected chi connectivity index (χ4v) is 3.81. The number of anilines is 1. The molecule has 3 rings (SSSR count). The highest BCUT2D eigenvalue weighted by Gasteiger charge is 2.16. The van der Waals surface area contributed by atoms with E-state index in [1.54, 1.807) is 11.1 Å². The summed E-state index contributed by atoms with van der Waals surface area (Å²) in [7, 11) is 1.85. The van der Waals surface area contributed by atoms with Gasteiger partial charge in [0.05, 0.1) is 0 Å². The maximum Gasteiger partial charge on any atom is 0.226 e. The molecule has 0 saturated carbocycles. The van der Waals surface area contributed by atoms with E-state index < -0.39 is 0 Å². The average Bonchev–Trinajstić information content (AvgIpc) is 2.62. The third-order valence-corrected chi connectivity index (χ3v) is 5.38. The second-order valence-electron chi connectivity index (χ2n) is 6.92. The average molecular weight is 360 g/mol. The number of aromatic nitrogens is 1. The number of amides is 1. The van der Waals surface area contributed by atoms with Crippen molar-refractivity contribution < 1.29 is 4.79 Å². The lowest BCUT2D eigenvalue weighted by molar-refractivity contribution is -0.118. The predicted octanol–water partition coefficient (Wildman–Crippen LogP) is 4.43. The first-order valence-electron chi connectivity index (χ1n) is 9.10. The third-order valence-electron chi connectivity index (χ3n) is 5.08. The van der Waals surface area contributed by atoms with Crippen molar-refractivity contribution >= 4 is 34.0 Å². The molecule has 0 unspecified atom stereocenters. The first-order valence-corrected chi connectivity index (χ1v) is 9.48. The van der Waals surface area contributed by atoms with Crippen molar-refractivity contribution in [2.24, 2.45) is 0 Å². The van der Waals surface area contributed by atoms with Crippen molar-refractivity contribution in [1.29, 1.82) is 0 Å². The molecule has 2 heterocycles. The zero-order valence-electron chi connectivity index (χ0n) is 15.1. The van der Waals surface area contributed by atoms with Crippen LogP contribution in [0.4, 0.5) is 5.69 Å². The molecule has 0 spiro atoms. The Bertz CT molecular complexity index is 756. The molecule has 0 N–H and O–H groups in total. The van der Waals surface area contributed by atoms with Gasteiger partial charge in [0.2, 0.25) is 5.91 Å². The van der Waals surface area contributed by atoms with E-state index in [2.05, 4.69) is 16.0 Å². The van der Waals surface area contributed by atoms with Gasteiger partial charge in [-0.1, -0.05) is 18.0 Å². The number of rotatable bonds is 5. The molecule has 1 saturated heterocycles. The van der Waals surface area contributed by atoms with E-state index in [4.69, 9.17) is 11.6 Å². The Kier molecular flexibility index (Phi) is 5.92. The fourth-order valence-electron chi connectivity index (χ4n) is 3.59. The summed E-state index contributed by atoms with van der Waals surface area (Å²) < 4.78 is 0. The van der Waals surface area contributed by atoms with Gasteiger partial charge in [-0.25, -0.2) is 4.98 Å². The number of pyridine rings is 1. The van der Waals surface area contributed by atoms with Crippen LogP contribution in [0.15, 0.2) is 24.4 Å². The molecular weight excluding hydrogens is 334 g/mol. The molecule has 1 aliphatic rings. The Hall–Kier alpha value is -1.65. The van der Waals surface area contributed by atoms with E-state index in [1.165, 1.54) is 32.4 Å². The van der Waals surface area contributed by atoms with E-state index in [-0.39, 0.29) is 5.91 Å². The first kappa shape index (κ1) is 18.2. The maximum absolute atomic E-state index is 12.6. The normalized spacial score (nSPS) is 15.5. The Balaban J connectivity index is 1.66. The van der Waals surface area contributed by atoms with Crippen molar-refractivity contribution in [3.63, 3.8) is 0 Å². The number of aryl methyl sites for hydroxylation is 1. The highest BCUT2D eigenvalue weighted by atomic mass is 35.5. The second-order valence-corrected chi connectivity index (χ2v) is 7.28. The quantitative estimate of drug-likeness (QED) is 0.741. The Morgan fingerprint density at radius 2 is 2.04 bits per heavy atom. The lowest BCUT2D eigenvalue weighted by Gasteiger charge is -2.26. The SMILES string of the molecule is Cc1cc2ccnc(Cl)c2cc1N(C)C(=O)CCCN1CCCCC1. The highest BCUT2D eigenvalue weighted by Crippen LogP contribution is 2.29. The number of fused-ring (bicyclic) bond motifs is 1. The van der Waals surface area contributed by atoms with E-state index in [9.17, 15) is 4.79 Å². The van der Waals surface area contributed by atoms with Crippen molar-refractivity contribution in [3.05, 3.63) is 35.1 Å². The predicted molar refractivity (Wildman–Crippen MR) is 104 cm³/mol. The molecule has 0 atom stereocenters. The van der Waals surface area contributed by atoms with E-state index in [1.807, 2.05) is 26.1 Å². The van der Waals surface area contributed by atoms with E-state index in [0.29, 0.717) is 11.6 Å². The number of nitrogens with zero attached hydrogens (tertiary/aromatic N) is 3. The van der Waals surface area contributed by atoms with Gasteiger partial charge < -0.3 is 9.80 Å². The highest BCUT2D eigenvalue weighted by molar-refractivity contribution is 6.34. The summed E-state index contributed by atoms with van der Waals surface area (Å²) >= 11 is 6.22. The Morgan fingerprint density at radius 3 is 2.80 bits per heavy atom. The molecule has 2 aromatic rings. The molecule has 0 aliphatic carbocycles.